The molecule has 0 radical (unpaired) electrons. The second-order valence-electron chi connectivity index (χ2n) is 3.76. The van der Waals surface area contributed by atoms with E-state index < -0.39 is 0 Å². The Morgan fingerprint density at radius 2 is 2.00 bits per heavy atom. The number of carbonyl (C=O) groups is 1. The molecule has 0 spiro atoms. The minimum atomic E-state index is -0.379. The summed E-state index contributed by atoms with van der Waals surface area (Å²) in [6, 6.07) is 12.4. The van der Waals surface area contributed by atoms with Gasteiger partial charge in [0.2, 0.25) is 0 Å². The number of nitrogens with one attached hydrogen (secondary N) is 1. The Hall–Kier alpha value is -2.20. The van der Waals surface area contributed by atoms with E-state index in [2.05, 4.69) is 10.5 Å². The number of carbonyl (C=O) groups excluding carboxylic acids is 1. The second-order valence-corrected chi connectivity index (χ2v) is 4.20. The Kier molecular flexibility index (Phi) is 4.26. The van der Waals surface area contributed by atoms with Crippen LogP contribution in [0, 0.1) is 5.82 Å². The third-order valence-electron chi connectivity index (χ3n) is 2.32. The van der Waals surface area contributed by atoms with Gasteiger partial charge >= 0.3 is 0 Å². The van der Waals surface area contributed by atoms with Crippen LogP contribution < -0.4 is 5.43 Å². The fourth-order valence-corrected chi connectivity index (χ4v) is 1.64. The summed E-state index contributed by atoms with van der Waals surface area (Å²) in [6.07, 6.45) is 1.37. The van der Waals surface area contributed by atoms with Gasteiger partial charge in [-0.3, -0.25) is 4.79 Å². The van der Waals surface area contributed by atoms with Crippen LogP contribution in [-0.4, -0.2) is 12.1 Å². The highest BCUT2D eigenvalue weighted by Crippen LogP contribution is 2.10. The Morgan fingerprint density at radius 3 is 2.74 bits per heavy atom. The summed E-state index contributed by atoms with van der Waals surface area (Å²) >= 11 is 5.78. The third-order valence-corrected chi connectivity index (χ3v) is 2.55. The highest BCUT2D eigenvalue weighted by atomic mass is 35.5. The maximum atomic E-state index is 12.9. The molecule has 1 amide bonds. The number of hydrogen-bond donors (Lipinski definition) is 1. The predicted molar refractivity (Wildman–Crippen MR) is 72.9 cm³/mol. The van der Waals surface area contributed by atoms with Gasteiger partial charge in [-0.1, -0.05) is 29.8 Å². The molecule has 0 atom stereocenters. The van der Waals surface area contributed by atoms with Crippen LogP contribution >= 0.6 is 11.6 Å². The zero-order chi connectivity index (χ0) is 13.7. The summed E-state index contributed by atoms with van der Waals surface area (Å²) in [6.45, 7) is 0. The average Bonchev–Trinajstić information content (AvgIpc) is 2.38. The number of benzene rings is 2. The Bertz CT molecular complexity index is 628. The number of hydrogen-bond acceptors (Lipinski definition) is 2. The van der Waals surface area contributed by atoms with Crippen molar-refractivity contribution in [2.45, 2.75) is 0 Å². The molecule has 0 saturated heterocycles. The SMILES string of the molecule is O=C(NN=Cc1cccc(F)c1)c1cccc(Cl)c1. The maximum Gasteiger partial charge on any atom is 0.271 e. The molecular formula is C14H10ClFN2O. The van der Waals surface area contributed by atoms with Crippen LogP contribution in [-0.2, 0) is 0 Å². The molecule has 0 aliphatic carbocycles. The predicted octanol–water partition coefficient (Wildman–Crippen LogP) is 3.24. The molecule has 0 aliphatic heterocycles. The Labute approximate surface area is 114 Å². The van der Waals surface area contributed by atoms with E-state index in [0.29, 0.717) is 16.1 Å². The van der Waals surface area contributed by atoms with Crippen molar-refractivity contribution in [1.29, 1.82) is 0 Å². The number of rotatable bonds is 3. The summed E-state index contributed by atoms with van der Waals surface area (Å²) in [7, 11) is 0. The first kappa shape index (κ1) is 13.2. The van der Waals surface area contributed by atoms with E-state index in [4.69, 9.17) is 11.6 Å². The molecule has 0 fully saturated rings. The molecule has 2 aromatic rings. The zero-order valence-corrected chi connectivity index (χ0v) is 10.6. The van der Waals surface area contributed by atoms with Gasteiger partial charge in [-0.15, -0.1) is 0 Å². The molecule has 96 valence electrons. The van der Waals surface area contributed by atoms with Gasteiger partial charge in [0.05, 0.1) is 6.21 Å². The van der Waals surface area contributed by atoms with Crippen LogP contribution in [0.25, 0.3) is 0 Å². The van der Waals surface area contributed by atoms with E-state index in [-0.39, 0.29) is 11.7 Å². The van der Waals surface area contributed by atoms with Gasteiger partial charge in [0, 0.05) is 10.6 Å². The van der Waals surface area contributed by atoms with E-state index in [0.717, 1.165) is 0 Å². The molecular weight excluding hydrogens is 267 g/mol. The van der Waals surface area contributed by atoms with E-state index in [1.807, 2.05) is 0 Å². The van der Waals surface area contributed by atoms with Gasteiger partial charge in [-0.2, -0.15) is 5.10 Å². The zero-order valence-electron chi connectivity index (χ0n) is 9.81. The topological polar surface area (TPSA) is 41.5 Å². The minimum absolute atomic E-state index is 0.356. The molecule has 2 aromatic carbocycles. The Balaban J connectivity index is 2.01. The number of amides is 1. The Morgan fingerprint density at radius 1 is 1.21 bits per heavy atom. The normalized spacial score (nSPS) is 10.6. The largest absolute Gasteiger partial charge is 0.271 e. The molecule has 0 bridgehead atoms. The maximum absolute atomic E-state index is 12.9. The number of halogens is 2. The van der Waals surface area contributed by atoms with E-state index in [9.17, 15) is 9.18 Å². The van der Waals surface area contributed by atoms with Crippen LogP contribution in [0.1, 0.15) is 15.9 Å². The van der Waals surface area contributed by atoms with Crippen molar-refractivity contribution in [2.75, 3.05) is 0 Å². The summed E-state index contributed by atoms with van der Waals surface area (Å²) in [5.41, 5.74) is 3.31. The lowest BCUT2D eigenvalue weighted by Gasteiger charge is -2.00. The molecule has 2 rings (SSSR count). The quantitative estimate of drug-likeness (QED) is 0.679. The molecule has 3 nitrogen and oxygen atoms in total. The lowest BCUT2D eigenvalue weighted by atomic mass is 10.2. The lowest BCUT2D eigenvalue weighted by Crippen LogP contribution is -2.17. The first-order valence-corrected chi connectivity index (χ1v) is 5.87. The van der Waals surface area contributed by atoms with Crippen LogP contribution in [0.15, 0.2) is 53.6 Å². The van der Waals surface area contributed by atoms with Crippen LogP contribution in [0.3, 0.4) is 0 Å². The fourth-order valence-electron chi connectivity index (χ4n) is 1.45. The lowest BCUT2D eigenvalue weighted by molar-refractivity contribution is 0.0955. The molecule has 5 heteroatoms. The summed E-state index contributed by atoms with van der Waals surface area (Å²) in [5, 5.41) is 4.23. The molecule has 19 heavy (non-hydrogen) atoms. The van der Waals surface area contributed by atoms with E-state index in [1.165, 1.54) is 24.4 Å². The molecule has 0 heterocycles. The monoisotopic (exact) mass is 276 g/mol. The second kappa shape index (κ2) is 6.11. The summed E-state index contributed by atoms with van der Waals surface area (Å²) in [4.78, 5) is 11.7. The molecule has 0 aromatic heterocycles. The first-order chi connectivity index (χ1) is 9.15. The van der Waals surface area contributed by atoms with Gasteiger partial charge < -0.3 is 0 Å². The van der Waals surface area contributed by atoms with Crippen LogP contribution in [0.2, 0.25) is 5.02 Å². The van der Waals surface area contributed by atoms with Gasteiger partial charge in [-0.25, -0.2) is 9.82 Å². The standard InChI is InChI=1S/C14H10ClFN2O/c15-12-5-2-4-11(8-12)14(19)18-17-9-10-3-1-6-13(16)7-10/h1-9H,(H,18,19). The molecule has 0 saturated carbocycles. The molecule has 0 unspecified atom stereocenters. The van der Waals surface area contributed by atoms with E-state index >= 15 is 0 Å². The summed E-state index contributed by atoms with van der Waals surface area (Å²) < 4.78 is 12.9. The smallest absolute Gasteiger partial charge is 0.267 e. The number of hydrazone groups is 1. The van der Waals surface area contributed by atoms with Crippen molar-refractivity contribution in [3.63, 3.8) is 0 Å². The van der Waals surface area contributed by atoms with Crippen LogP contribution in [0.4, 0.5) is 4.39 Å². The van der Waals surface area contributed by atoms with Crippen molar-refractivity contribution >= 4 is 23.7 Å². The van der Waals surface area contributed by atoms with Gasteiger partial charge in [-0.05, 0) is 35.9 Å². The van der Waals surface area contributed by atoms with Crippen molar-refractivity contribution in [3.8, 4) is 0 Å². The molecule has 0 aliphatic rings. The summed E-state index contributed by atoms with van der Waals surface area (Å²) in [5.74, 6) is -0.736. The van der Waals surface area contributed by atoms with Crippen molar-refractivity contribution in [3.05, 3.63) is 70.5 Å². The van der Waals surface area contributed by atoms with E-state index in [1.54, 1.807) is 30.3 Å². The minimum Gasteiger partial charge on any atom is -0.267 e. The fraction of sp³-hybridized carbons (Fsp3) is 0. The first-order valence-electron chi connectivity index (χ1n) is 5.50. The van der Waals surface area contributed by atoms with Gasteiger partial charge in [0.25, 0.3) is 5.91 Å². The van der Waals surface area contributed by atoms with Crippen molar-refractivity contribution in [1.82, 2.24) is 5.43 Å². The number of nitrogens with zero attached hydrogens (tertiary/aromatic N) is 1. The highest BCUT2D eigenvalue weighted by Gasteiger charge is 2.03. The highest BCUT2D eigenvalue weighted by molar-refractivity contribution is 6.30. The van der Waals surface area contributed by atoms with Crippen molar-refractivity contribution < 1.29 is 9.18 Å². The van der Waals surface area contributed by atoms with Gasteiger partial charge in [0.1, 0.15) is 5.82 Å². The van der Waals surface area contributed by atoms with Crippen molar-refractivity contribution in [2.24, 2.45) is 5.10 Å². The average molecular weight is 277 g/mol. The van der Waals surface area contributed by atoms with Gasteiger partial charge in [0.15, 0.2) is 0 Å². The van der Waals surface area contributed by atoms with Crippen LogP contribution in [0.5, 0.6) is 0 Å². The third kappa shape index (κ3) is 3.89. The molecule has 1 N–H and O–H groups in total.